The van der Waals surface area contributed by atoms with Crippen molar-refractivity contribution in [3.05, 3.63) is 41.1 Å². The van der Waals surface area contributed by atoms with E-state index in [1.807, 2.05) is 38.1 Å². The second-order valence-electron chi connectivity index (χ2n) is 4.38. The van der Waals surface area contributed by atoms with Gasteiger partial charge in [0.25, 0.3) is 0 Å². The third kappa shape index (κ3) is 2.89. The second-order valence-corrected chi connectivity index (χ2v) is 4.38. The summed E-state index contributed by atoms with van der Waals surface area (Å²) >= 11 is 0. The van der Waals surface area contributed by atoms with Gasteiger partial charge in [-0.2, -0.15) is 0 Å². The zero-order valence-electron chi connectivity index (χ0n) is 11.4. The topological polar surface area (TPSA) is 73.1 Å². The van der Waals surface area contributed by atoms with Gasteiger partial charge in [-0.25, -0.2) is 15.8 Å². The number of rotatable bonds is 4. The van der Waals surface area contributed by atoms with Crippen LogP contribution in [0.3, 0.4) is 0 Å². The summed E-state index contributed by atoms with van der Waals surface area (Å²) in [6.07, 6.45) is 0. The van der Waals surface area contributed by atoms with Crippen molar-refractivity contribution in [3.63, 3.8) is 0 Å². The number of hydrogen-bond donors (Lipinski definition) is 2. The molecule has 5 heteroatoms. The Labute approximate surface area is 112 Å². The first kappa shape index (κ1) is 13.5. The van der Waals surface area contributed by atoms with Gasteiger partial charge in [-0.05, 0) is 25.5 Å². The summed E-state index contributed by atoms with van der Waals surface area (Å²) in [5, 5.41) is 0. The van der Waals surface area contributed by atoms with Crippen molar-refractivity contribution in [1.29, 1.82) is 0 Å². The molecule has 1 aromatic heterocycles. The van der Waals surface area contributed by atoms with Crippen LogP contribution >= 0.6 is 0 Å². The van der Waals surface area contributed by atoms with Gasteiger partial charge in [0.1, 0.15) is 5.82 Å². The molecule has 1 heterocycles. The Bertz CT molecular complexity index is 584. The molecule has 0 atom stereocenters. The van der Waals surface area contributed by atoms with E-state index in [1.54, 1.807) is 7.11 Å². The molecule has 0 spiro atoms. The van der Waals surface area contributed by atoms with Crippen LogP contribution in [0, 0.1) is 13.8 Å². The van der Waals surface area contributed by atoms with Crippen LogP contribution in [0.4, 0.5) is 5.82 Å². The van der Waals surface area contributed by atoms with Crippen molar-refractivity contribution in [3.8, 4) is 11.4 Å². The number of hydrogen-bond acceptors (Lipinski definition) is 5. The third-order valence-electron chi connectivity index (χ3n) is 3.02. The predicted octanol–water partition coefficient (Wildman–Crippen LogP) is 2.19. The van der Waals surface area contributed by atoms with E-state index in [0.717, 1.165) is 22.4 Å². The molecule has 2 rings (SSSR count). The lowest BCUT2D eigenvalue weighted by molar-refractivity contribution is 0.185. The summed E-state index contributed by atoms with van der Waals surface area (Å²) in [6.45, 7) is 4.46. The normalized spacial score (nSPS) is 10.5. The zero-order valence-corrected chi connectivity index (χ0v) is 11.4. The minimum Gasteiger partial charge on any atom is -0.380 e. The Kier molecular flexibility index (Phi) is 4.09. The maximum atomic E-state index is 5.48. The van der Waals surface area contributed by atoms with E-state index in [2.05, 4.69) is 15.4 Å². The Morgan fingerprint density at radius 2 is 2.05 bits per heavy atom. The van der Waals surface area contributed by atoms with Gasteiger partial charge in [0.15, 0.2) is 5.82 Å². The predicted molar refractivity (Wildman–Crippen MR) is 75.5 cm³/mol. The lowest BCUT2D eigenvalue weighted by Crippen LogP contribution is -2.12. The largest absolute Gasteiger partial charge is 0.380 e. The average Bonchev–Trinajstić information content (AvgIpc) is 2.42. The van der Waals surface area contributed by atoms with Crippen LogP contribution in [0.15, 0.2) is 24.3 Å². The van der Waals surface area contributed by atoms with Crippen LogP contribution in [0.25, 0.3) is 11.4 Å². The molecule has 0 saturated heterocycles. The number of nitrogens with zero attached hydrogens (tertiary/aromatic N) is 2. The van der Waals surface area contributed by atoms with Gasteiger partial charge in [0, 0.05) is 23.9 Å². The highest BCUT2D eigenvalue weighted by Crippen LogP contribution is 2.22. The number of nitrogen functional groups attached to an aromatic ring is 1. The third-order valence-corrected chi connectivity index (χ3v) is 3.02. The molecule has 3 N–H and O–H groups in total. The van der Waals surface area contributed by atoms with Gasteiger partial charge in [-0.15, -0.1) is 0 Å². The van der Waals surface area contributed by atoms with Crippen LogP contribution in [0.1, 0.15) is 16.8 Å². The second kappa shape index (κ2) is 5.77. The molecule has 0 aliphatic rings. The molecule has 0 aliphatic heterocycles. The number of anilines is 1. The van der Waals surface area contributed by atoms with Crippen LogP contribution in [-0.2, 0) is 11.3 Å². The summed E-state index contributed by atoms with van der Waals surface area (Å²) in [5.41, 5.74) is 6.52. The molecule has 0 bridgehead atoms. The van der Waals surface area contributed by atoms with Gasteiger partial charge in [0.05, 0.1) is 6.61 Å². The summed E-state index contributed by atoms with van der Waals surface area (Å²) in [4.78, 5) is 8.94. The first-order valence-corrected chi connectivity index (χ1v) is 6.05. The number of aromatic nitrogens is 2. The molecule has 1 aromatic carbocycles. The molecule has 0 amide bonds. The molecule has 0 radical (unpaired) electrons. The van der Waals surface area contributed by atoms with E-state index < -0.39 is 0 Å². The van der Waals surface area contributed by atoms with Crippen molar-refractivity contribution in [2.45, 2.75) is 20.5 Å². The van der Waals surface area contributed by atoms with Crippen molar-refractivity contribution in [2.24, 2.45) is 5.84 Å². The summed E-state index contributed by atoms with van der Waals surface area (Å²) in [5.74, 6) is 6.80. The first-order chi connectivity index (χ1) is 9.15. The van der Waals surface area contributed by atoms with Gasteiger partial charge < -0.3 is 10.2 Å². The van der Waals surface area contributed by atoms with Crippen molar-refractivity contribution in [1.82, 2.24) is 9.97 Å². The van der Waals surface area contributed by atoms with E-state index >= 15 is 0 Å². The fourth-order valence-corrected chi connectivity index (χ4v) is 1.87. The zero-order chi connectivity index (χ0) is 13.8. The molecule has 0 unspecified atom stereocenters. The lowest BCUT2D eigenvalue weighted by Gasteiger charge is -2.10. The van der Waals surface area contributed by atoms with E-state index in [9.17, 15) is 0 Å². The van der Waals surface area contributed by atoms with Crippen LogP contribution in [0.5, 0.6) is 0 Å². The van der Waals surface area contributed by atoms with Crippen LogP contribution in [-0.4, -0.2) is 17.1 Å². The van der Waals surface area contributed by atoms with E-state index in [-0.39, 0.29) is 0 Å². The van der Waals surface area contributed by atoms with Crippen molar-refractivity contribution in [2.75, 3.05) is 12.5 Å². The summed E-state index contributed by atoms with van der Waals surface area (Å²) in [7, 11) is 1.68. The number of ether oxygens (including phenoxy) is 1. The maximum Gasteiger partial charge on any atom is 0.161 e. The highest BCUT2D eigenvalue weighted by atomic mass is 16.5. The molecule has 19 heavy (non-hydrogen) atoms. The van der Waals surface area contributed by atoms with Crippen LogP contribution in [0.2, 0.25) is 0 Å². The Hall–Kier alpha value is -1.98. The van der Waals surface area contributed by atoms with Gasteiger partial charge in [-0.3, -0.25) is 0 Å². The molecule has 100 valence electrons. The quantitative estimate of drug-likeness (QED) is 0.649. The van der Waals surface area contributed by atoms with E-state index in [0.29, 0.717) is 18.2 Å². The maximum absolute atomic E-state index is 5.48. The number of nitrogens with one attached hydrogen (secondary N) is 1. The Morgan fingerprint density at radius 3 is 2.74 bits per heavy atom. The highest BCUT2D eigenvalue weighted by Gasteiger charge is 2.09. The fraction of sp³-hybridized carbons (Fsp3) is 0.286. The minimum atomic E-state index is 0.570. The lowest BCUT2D eigenvalue weighted by atomic mass is 10.1. The summed E-state index contributed by atoms with van der Waals surface area (Å²) in [6, 6.07) is 7.98. The number of benzene rings is 1. The van der Waals surface area contributed by atoms with Crippen LogP contribution < -0.4 is 11.3 Å². The standard InChI is InChI=1S/C14H18N4O/c1-9-10(2)16-14(17-13(9)18-15)12-6-4-5-11(7-12)8-19-3/h4-7H,8,15H2,1-3H3,(H,16,17,18). The van der Waals surface area contributed by atoms with Crippen molar-refractivity contribution >= 4 is 5.82 Å². The van der Waals surface area contributed by atoms with Gasteiger partial charge in [-0.1, -0.05) is 18.2 Å². The number of methoxy groups -OCH3 is 1. The number of aryl methyl sites for hydroxylation is 1. The number of nitrogens with two attached hydrogens (primary N) is 1. The first-order valence-electron chi connectivity index (χ1n) is 6.05. The van der Waals surface area contributed by atoms with Crippen molar-refractivity contribution < 1.29 is 4.74 Å². The molecule has 5 nitrogen and oxygen atoms in total. The van der Waals surface area contributed by atoms with Gasteiger partial charge in [0.2, 0.25) is 0 Å². The van der Waals surface area contributed by atoms with E-state index in [1.165, 1.54) is 0 Å². The van der Waals surface area contributed by atoms with Gasteiger partial charge >= 0.3 is 0 Å². The monoisotopic (exact) mass is 258 g/mol. The molecule has 2 aromatic rings. The molecular formula is C14H18N4O. The average molecular weight is 258 g/mol. The highest BCUT2D eigenvalue weighted by molar-refractivity contribution is 5.60. The molecular weight excluding hydrogens is 240 g/mol. The van der Waals surface area contributed by atoms with E-state index in [4.69, 9.17) is 10.6 Å². The number of hydrazine groups is 1. The smallest absolute Gasteiger partial charge is 0.161 e. The molecule has 0 aliphatic carbocycles. The fourth-order valence-electron chi connectivity index (χ4n) is 1.87. The Balaban J connectivity index is 2.46. The molecule has 0 saturated carbocycles. The Morgan fingerprint density at radius 1 is 1.26 bits per heavy atom. The SMILES string of the molecule is COCc1cccc(-c2nc(C)c(C)c(NN)n2)c1. The molecule has 0 fully saturated rings. The summed E-state index contributed by atoms with van der Waals surface area (Å²) < 4.78 is 5.13. The minimum absolute atomic E-state index is 0.570.